The molecule has 1 atom stereocenters. The number of carbonyl (C=O) groups is 1. The lowest BCUT2D eigenvalue weighted by Crippen LogP contribution is -2.20. The van der Waals surface area contributed by atoms with Gasteiger partial charge in [0.1, 0.15) is 5.75 Å². The Bertz CT molecular complexity index is 1340. The smallest absolute Gasteiger partial charge is 0.416 e. The first-order chi connectivity index (χ1) is 17.7. The quantitative estimate of drug-likeness (QED) is 0.245. The summed E-state index contributed by atoms with van der Waals surface area (Å²) < 4.78 is 44.1. The molecule has 0 fully saturated rings. The van der Waals surface area contributed by atoms with Gasteiger partial charge < -0.3 is 20.5 Å². The van der Waals surface area contributed by atoms with Crippen LogP contribution in [0.1, 0.15) is 23.9 Å². The number of amides is 2. The Morgan fingerprint density at radius 2 is 1.73 bits per heavy atom. The summed E-state index contributed by atoms with van der Waals surface area (Å²) in [6.07, 6.45) is 0.937. The number of aliphatic hydroxyl groups is 1. The van der Waals surface area contributed by atoms with E-state index in [0.717, 1.165) is 34.0 Å². The van der Waals surface area contributed by atoms with Crippen LogP contribution >= 0.6 is 11.3 Å². The molecule has 1 unspecified atom stereocenters. The molecule has 0 radical (unpaired) electrons. The van der Waals surface area contributed by atoms with E-state index in [4.69, 9.17) is 4.74 Å². The van der Waals surface area contributed by atoms with Gasteiger partial charge in [0, 0.05) is 18.3 Å². The average molecular weight is 530 g/mol. The number of alkyl halides is 3. The van der Waals surface area contributed by atoms with Crippen LogP contribution in [-0.4, -0.2) is 32.2 Å². The first-order valence-corrected chi connectivity index (χ1v) is 12.0. The minimum atomic E-state index is -4.51. The molecule has 4 aromatic rings. The van der Waals surface area contributed by atoms with Crippen LogP contribution in [0.5, 0.6) is 11.8 Å². The lowest BCUT2D eigenvalue weighted by molar-refractivity contribution is -0.137. The fourth-order valence-corrected chi connectivity index (χ4v) is 4.12. The second kappa shape index (κ2) is 11.4. The van der Waals surface area contributed by atoms with E-state index < -0.39 is 17.8 Å². The van der Waals surface area contributed by atoms with E-state index in [-0.39, 0.29) is 23.5 Å². The number of aromatic nitrogens is 3. The Kier molecular flexibility index (Phi) is 7.99. The molecule has 0 aliphatic carbocycles. The number of anilines is 2. The Hall–Kier alpha value is -4.03. The van der Waals surface area contributed by atoms with Gasteiger partial charge in [-0.3, -0.25) is 0 Å². The Labute approximate surface area is 214 Å². The predicted octanol–water partition coefficient (Wildman–Crippen LogP) is 6.37. The van der Waals surface area contributed by atoms with Crippen LogP contribution in [0.3, 0.4) is 0 Å². The molecule has 0 spiro atoms. The first kappa shape index (κ1) is 26.0. The minimum Gasteiger partial charge on any atom is -0.424 e. The second-order valence-electron chi connectivity index (χ2n) is 8.04. The maximum Gasteiger partial charge on any atom is 0.416 e. The number of hydrogen-bond donors (Lipinski definition) is 3. The molecule has 0 aliphatic rings. The number of thiazole rings is 1. The van der Waals surface area contributed by atoms with Crippen molar-refractivity contribution in [3.05, 3.63) is 77.7 Å². The van der Waals surface area contributed by atoms with Gasteiger partial charge in [0.05, 0.1) is 39.6 Å². The molecule has 2 heterocycles. The average Bonchev–Trinajstić information content (AvgIpc) is 3.33. The van der Waals surface area contributed by atoms with Crippen molar-refractivity contribution in [2.75, 3.05) is 10.6 Å². The zero-order chi connectivity index (χ0) is 26.4. The second-order valence-corrected chi connectivity index (χ2v) is 9.16. The number of aliphatic hydroxyl groups excluding tert-OH is 1. The third kappa shape index (κ3) is 7.48. The highest BCUT2D eigenvalue weighted by molar-refractivity contribution is 7.15. The lowest BCUT2D eigenvalue weighted by Gasteiger charge is -2.11. The minimum absolute atomic E-state index is 0.00837. The summed E-state index contributed by atoms with van der Waals surface area (Å²) in [5.74, 6) is 0.505. The third-order valence-corrected chi connectivity index (χ3v) is 6.12. The van der Waals surface area contributed by atoms with E-state index in [1.807, 2.05) is 12.1 Å². The number of ether oxygens (including phenoxy) is 1. The molecule has 3 N–H and O–H groups in total. The van der Waals surface area contributed by atoms with Gasteiger partial charge in [-0.05, 0) is 61.4 Å². The molecule has 192 valence electrons. The Balaban J connectivity index is 1.31. The van der Waals surface area contributed by atoms with Crippen LogP contribution in [-0.2, 0) is 12.6 Å². The van der Waals surface area contributed by atoms with Gasteiger partial charge in [0.2, 0.25) is 0 Å². The summed E-state index contributed by atoms with van der Waals surface area (Å²) in [4.78, 5) is 25.6. The lowest BCUT2D eigenvalue weighted by atomic mass is 10.2. The number of halogens is 3. The summed E-state index contributed by atoms with van der Waals surface area (Å²) in [6, 6.07) is 10.9. The number of urea groups is 1. The highest BCUT2D eigenvalue weighted by Gasteiger charge is 2.30. The molecule has 2 amide bonds. The fraction of sp³-hybridized carbons (Fsp3) is 0.200. The van der Waals surface area contributed by atoms with Gasteiger partial charge in [0.15, 0.2) is 0 Å². The highest BCUT2D eigenvalue weighted by Crippen LogP contribution is 2.31. The predicted molar refractivity (Wildman–Crippen MR) is 134 cm³/mol. The van der Waals surface area contributed by atoms with Crippen molar-refractivity contribution in [3.63, 3.8) is 0 Å². The van der Waals surface area contributed by atoms with Crippen LogP contribution in [0.25, 0.3) is 10.4 Å². The van der Waals surface area contributed by atoms with E-state index in [1.165, 1.54) is 24.5 Å². The van der Waals surface area contributed by atoms with Crippen molar-refractivity contribution in [1.82, 2.24) is 15.0 Å². The van der Waals surface area contributed by atoms with Crippen LogP contribution in [0.15, 0.2) is 67.1 Å². The van der Waals surface area contributed by atoms with Crippen molar-refractivity contribution in [2.45, 2.75) is 32.0 Å². The van der Waals surface area contributed by atoms with Crippen LogP contribution in [0, 0.1) is 0 Å². The van der Waals surface area contributed by atoms with Gasteiger partial charge in [-0.2, -0.15) is 13.2 Å². The molecule has 0 aliphatic heterocycles. The van der Waals surface area contributed by atoms with Crippen LogP contribution in [0.2, 0.25) is 0 Å². The monoisotopic (exact) mass is 529 g/mol. The number of carbonyl (C=O) groups excluding carboxylic acids is 1. The highest BCUT2D eigenvalue weighted by atomic mass is 32.1. The van der Waals surface area contributed by atoms with Gasteiger partial charge in [-0.15, -0.1) is 11.3 Å². The van der Waals surface area contributed by atoms with Gasteiger partial charge >= 0.3 is 18.2 Å². The summed E-state index contributed by atoms with van der Waals surface area (Å²) in [5, 5.41) is 15.2. The number of nitrogens with one attached hydrogen (secondary N) is 2. The third-order valence-electron chi connectivity index (χ3n) is 5.01. The van der Waals surface area contributed by atoms with E-state index >= 15 is 0 Å². The van der Waals surface area contributed by atoms with Crippen LogP contribution < -0.4 is 15.4 Å². The topological polar surface area (TPSA) is 109 Å². The molecule has 2 aromatic heterocycles. The van der Waals surface area contributed by atoms with Crippen LogP contribution in [0.4, 0.5) is 29.3 Å². The largest absolute Gasteiger partial charge is 0.424 e. The molecule has 0 saturated heterocycles. The number of aryl methyl sites for hydroxylation is 1. The summed E-state index contributed by atoms with van der Waals surface area (Å²) in [7, 11) is 0. The van der Waals surface area contributed by atoms with E-state index in [2.05, 4.69) is 25.6 Å². The summed E-state index contributed by atoms with van der Waals surface area (Å²) >= 11 is 1.57. The maximum absolute atomic E-state index is 12.8. The molecular formula is C25H22F3N5O3S. The van der Waals surface area contributed by atoms with Crippen molar-refractivity contribution in [1.29, 1.82) is 0 Å². The Morgan fingerprint density at radius 3 is 2.41 bits per heavy atom. The van der Waals surface area contributed by atoms with E-state index in [1.54, 1.807) is 36.6 Å². The molecule has 12 heteroatoms. The molecule has 0 bridgehead atoms. The van der Waals surface area contributed by atoms with Crippen molar-refractivity contribution in [2.24, 2.45) is 0 Å². The van der Waals surface area contributed by atoms with Crippen molar-refractivity contribution in [3.8, 4) is 22.2 Å². The maximum atomic E-state index is 12.8. The Morgan fingerprint density at radius 1 is 1.03 bits per heavy atom. The molecule has 4 rings (SSSR count). The zero-order valence-corrected chi connectivity index (χ0v) is 20.3. The normalized spacial score (nSPS) is 12.1. The zero-order valence-electron chi connectivity index (χ0n) is 19.5. The summed E-state index contributed by atoms with van der Waals surface area (Å²) in [5.41, 5.74) is 0.322. The molecule has 2 aromatic carbocycles. The molecule has 0 saturated carbocycles. The molecular weight excluding hydrogens is 507 g/mol. The van der Waals surface area contributed by atoms with Gasteiger partial charge in [-0.1, -0.05) is 6.07 Å². The first-order valence-electron chi connectivity index (χ1n) is 11.1. The molecule has 37 heavy (non-hydrogen) atoms. The van der Waals surface area contributed by atoms with Crippen molar-refractivity contribution < 1.29 is 27.8 Å². The van der Waals surface area contributed by atoms with E-state index in [9.17, 15) is 23.1 Å². The van der Waals surface area contributed by atoms with Gasteiger partial charge in [0.25, 0.3) is 0 Å². The number of benzene rings is 2. The standard InChI is InChI=1S/C25H22F3N5O3S/c1-15(34)5-10-22-29-14-21(37-22)16-6-8-20(9-7-16)36-24-30-12-19(13-31-24)33-23(35)32-18-4-2-3-17(11-18)25(26,27)28/h2-4,6-9,11-15,34H,5,10H2,1H3,(H2,32,33,35). The van der Waals surface area contributed by atoms with E-state index in [0.29, 0.717) is 12.2 Å². The number of rotatable bonds is 8. The molecule has 8 nitrogen and oxygen atoms in total. The number of nitrogens with zero attached hydrogens (tertiary/aromatic N) is 3. The fourth-order valence-electron chi connectivity index (χ4n) is 3.18. The number of hydrogen-bond acceptors (Lipinski definition) is 7. The SMILES string of the molecule is CC(O)CCc1ncc(-c2ccc(Oc3ncc(NC(=O)Nc4cccc(C(F)(F)F)c4)cn3)cc2)s1. The summed E-state index contributed by atoms with van der Waals surface area (Å²) in [6.45, 7) is 1.75. The van der Waals surface area contributed by atoms with Crippen molar-refractivity contribution >= 4 is 28.7 Å². The van der Waals surface area contributed by atoms with Gasteiger partial charge in [-0.25, -0.2) is 19.7 Å².